The predicted octanol–water partition coefficient (Wildman–Crippen LogP) is 2.10. The van der Waals surface area contributed by atoms with E-state index in [2.05, 4.69) is 57.3 Å². The molecule has 0 amide bonds. The van der Waals surface area contributed by atoms with Crippen LogP contribution in [0, 0.1) is 13.8 Å². The van der Waals surface area contributed by atoms with Crippen molar-refractivity contribution in [1.82, 2.24) is 20.0 Å². The smallest absolute Gasteiger partial charge is 0.0765 e. The van der Waals surface area contributed by atoms with Gasteiger partial charge in [0.25, 0.3) is 0 Å². The number of aromatic amines is 1. The molecule has 0 bridgehead atoms. The molecule has 1 aromatic carbocycles. The van der Waals surface area contributed by atoms with Gasteiger partial charge in [0, 0.05) is 51.1 Å². The summed E-state index contributed by atoms with van der Waals surface area (Å²) in [6.45, 7) is 9.35. The van der Waals surface area contributed by atoms with Gasteiger partial charge >= 0.3 is 0 Å². The Morgan fingerprint density at radius 1 is 1.21 bits per heavy atom. The molecule has 1 saturated heterocycles. The normalized spacial score (nSPS) is 19.7. The summed E-state index contributed by atoms with van der Waals surface area (Å²) in [5.41, 5.74) is 4.93. The Hall–Kier alpha value is -1.69. The molecule has 5 nitrogen and oxygen atoms in total. The van der Waals surface area contributed by atoms with Gasteiger partial charge in [0.1, 0.15) is 0 Å². The highest BCUT2D eigenvalue weighted by molar-refractivity contribution is 5.25. The van der Waals surface area contributed by atoms with Crippen molar-refractivity contribution in [3.05, 3.63) is 52.8 Å². The molecule has 0 saturated carbocycles. The fourth-order valence-electron chi connectivity index (χ4n) is 3.52. The lowest BCUT2D eigenvalue weighted by molar-refractivity contribution is 0.0493. The zero-order chi connectivity index (χ0) is 16.9. The summed E-state index contributed by atoms with van der Waals surface area (Å²) in [6, 6.07) is 11.1. The van der Waals surface area contributed by atoms with E-state index in [4.69, 9.17) is 0 Å². The summed E-state index contributed by atoms with van der Waals surface area (Å²) >= 11 is 0. The summed E-state index contributed by atoms with van der Waals surface area (Å²) in [5, 5.41) is 16.8. The molecule has 3 rings (SSSR count). The Kier molecular flexibility index (Phi) is 5.66. The molecule has 2 N–H and O–H groups in total. The van der Waals surface area contributed by atoms with E-state index in [0.29, 0.717) is 6.04 Å². The van der Waals surface area contributed by atoms with Crippen molar-refractivity contribution < 1.29 is 5.11 Å². The number of hydrogen-bond donors (Lipinski definition) is 2. The maximum atomic E-state index is 9.47. The molecule has 0 unspecified atom stereocenters. The molecule has 1 aliphatic heterocycles. The molecular formula is C19H28N4O. The van der Waals surface area contributed by atoms with Crippen LogP contribution in [0.3, 0.4) is 0 Å². The Bertz CT molecular complexity index is 654. The first-order valence-electron chi connectivity index (χ1n) is 8.78. The van der Waals surface area contributed by atoms with Crippen molar-refractivity contribution in [2.75, 3.05) is 26.2 Å². The average Bonchev–Trinajstić information content (AvgIpc) is 2.97. The molecule has 0 spiro atoms. The van der Waals surface area contributed by atoms with Gasteiger partial charge in [-0.1, -0.05) is 24.3 Å². The lowest BCUT2D eigenvalue weighted by Gasteiger charge is -2.41. The maximum absolute atomic E-state index is 9.47. The molecule has 1 fully saturated rings. The number of H-pyrrole nitrogens is 1. The third kappa shape index (κ3) is 4.23. The van der Waals surface area contributed by atoms with Gasteiger partial charge in [-0.05, 0) is 37.5 Å². The van der Waals surface area contributed by atoms with Crippen molar-refractivity contribution >= 4 is 0 Å². The van der Waals surface area contributed by atoms with Crippen LogP contribution < -0.4 is 0 Å². The van der Waals surface area contributed by atoms with E-state index in [1.807, 2.05) is 6.92 Å². The molecule has 2 heterocycles. The minimum absolute atomic E-state index is 0.240. The number of aryl methyl sites for hydroxylation is 2. The van der Waals surface area contributed by atoms with Crippen LogP contribution in [0.25, 0.3) is 0 Å². The first-order valence-corrected chi connectivity index (χ1v) is 8.78. The number of nitrogens with zero attached hydrogens (tertiary/aromatic N) is 3. The number of aliphatic hydroxyl groups is 1. The molecule has 130 valence electrons. The third-order valence-corrected chi connectivity index (χ3v) is 4.93. The maximum Gasteiger partial charge on any atom is 0.0765 e. The predicted molar refractivity (Wildman–Crippen MR) is 95.7 cm³/mol. The van der Waals surface area contributed by atoms with Gasteiger partial charge in [0.2, 0.25) is 0 Å². The van der Waals surface area contributed by atoms with Crippen LogP contribution in [0.1, 0.15) is 28.9 Å². The molecule has 24 heavy (non-hydrogen) atoms. The Morgan fingerprint density at radius 2 is 2.04 bits per heavy atom. The zero-order valence-electron chi connectivity index (χ0n) is 14.7. The van der Waals surface area contributed by atoms with Crippen LogP contribution >= 0.6 is 0 Å². The number of benzene rings is 1. The van der Waals surface area contributed by atoms with Crippen molar-refractivity contribution in [2.45, 2.75) is 39.4 Å². The zero-order valence-corrected chi connectivity index (χ0v) is 14.7. The van der Waals surface area contributed by atoms with E-state index < -0.39 is 0 Å². The van der Waals surface area contributed by atoms with Gasteiger partial charge < -0.3 is 5.11 Å². The molecule has 2 aromatic rings. The summed E-state index contributed by atoms with van der Waals surface area (Å²) in [7, 11) is 0. The van der Waals surface area contributed by atoms with Gasteiger partial charge in [-0.15, -0.1) is 0 Å². The highest BCUT2D eigenvalue weighted by Gasteiger charge is 2.27. The SMILES string of the molecule is Cc1cc(CN2CCN(Cc3ccccc3C)[C@@H](CCO)C2)n[nH]1. The standard InChI is InChI=1S/C19H28N4O/c1-15-5-3-4-6-17(15)12-23-9-8-22(14-19(23)7-10-24)13-18-11-16(2)20-21-18/h3-6,11,19,24H,7-10,12-14H2,1-2H3,(H,20,21)/t19-/m0/s1. The van der Waals surface area contributed by atoms with Crippen LogP contribution in [-0.2, 0) is 13.1 Å². The third-order valence-electron chi connectivity index (χ3n) is 4.93. The Balaban J connectivity index is 1.63. The highest BCUT2D eigenvalue weighted by Crippen LogP contribution is 2.19. The molecular weight excluding hydrogens is 300 g/mol. The fraction of sp³-hybridized carbons (Fsp3) is 0.526. The first-order chi connectivity index (χ1) is 11.7. The van der Waals surface area contributed by atoms with Gasteiger partial charge in [-0.3, -0.25) is 14.9 Å². The number of aliphatic hydroxyl groups excluding tert-OH is 1. The average molecular weight is 328 g/mol. The minimum atomic E-state index is 0.240. The van der Waals surface area contributed by atoms with E-state index in [-0.39, 0.29) is 6.61 Å². The van der Waals surface area contributed by atoms with Crippen molar-refractivity contribution in [3.8, 4) is 0 Å². The van der Waals surface area contributed by atoms with Gasteiger partial charge in [0.05, 0.1) is 5.69 Å². The van der Waals surface area contributed by atoms with E-state index in [9.17, 15) is 5.11 Å². The minimum Gasteiger partial charge on any atom is -0.396 e. The quantitative estimate of drug-likeness (QED) is 0.853. The monoisotopic (exact) mass is 328 g/mol. The number of nitrogens with one attached hydrogen (secondary N) is 1. The molecule has 5 heteroatoms. The molecule has 1 aliphatic rings. The number of aromatic nitrogens is 2. The summed E-state index contributed by atoms with van der Waals surface area (Å²) in [6.07, 6.45) is 0.821. The summed E-state index contributed by atoms with van der Waals surface area (Å²) in [5.74, 6) is 0. The van der Waals surface area contributed by atoms with E-state index in [1.165, 1.54) is 11.1 Å². The second-order valence-electron chi connectivity index (χ2n) is 6.84. The second-order valence-corrected chi connectivity index (χ2v) is 6.84. The van der Waals surface area contributed by atoms with E-state index in [1.54, 1.807) is 0 Å². The molecule has 0 radical (unpaired) electrons. The van der Waals surface area contributed by atoms with Crippen molar-refractivity contribution in [2.24, 2.45) is 0 Å². The van der Waals surface area contributed by atoms with Crippen LogP contribution in [-0.4, -0.2) is 57.4 Å². The van der Waals surface area contributed by atoms with Gasteiger partial charge in [-0.25, -0.2) is 0 Å². The van der Waals surface area contributed by atoms with Gasteiger partial charge in [0.15, 0.2) is 0 Å². The Labute approximate surface area is 144 Å². The summed E-state index contributed by atoms with van der Waals surface area (Å²) < 4.78 is 0. The number of rotatable bonds is 6. The second kappa shape index (κ2) is 7.92. The number of piperazine rings is 1. The largest absolute Gasteiger partial charge is 0.396 e. The molecule has 1 atom stereocenters. The lowest BCUT2D eigenvalue weighted by atomic mass is 10.0. The fourth-order valence-corrected chi connectivity index (χ4v) is 3.52. The molecule has 0 aliphatic carbocycles. The van der Waals surface area contributed by atoms with E-state index in [0.717, 1.165) is 50.5 Å². The van der Waals surface area contributed by atoms with Crippen LogP contribution in [0.2, 0.25) is 0 Å². The van der Waals surface area contributed by atoms with Crippen LogP contribution in [0.5, 0.6) is 0 Å². The lowest BCUT2D eigenvalue weighted by Crippen LogP contribution is -2.52. The molecule has 1 aromatic heterocycles. The van der Waals surface area contributed by atoms with Crippen molar-refractivity contribution in [3.63, 3.8) is 0 Å². The van der Waals surface area contributed by atoms with E-state index >= 15 is 0 Å². The topological polar surface area (TPSA) is 55.4 Å². The summed E-state index contributed by atoms with van der Waals surface area (Å²) in [4.78, 5) is 4.97. The van der Waals surface area contributed by atoms with Crippen molar-refractivity contribution in [1.29, 1.82) is 0 Å². The highest BCUT2D eigenvalue weighted by atomic mass is 16.3. The van der Waals surface area contributed by atoms with Crippen LogP contribution in [0.4, 0.5) is 0 Å². The number of hydrogen-bond acceptors (Lipinski definition) is 4. The first kappa shape index (κ1) is 17.1. The van der Waals surface area contributed by atoms with Crippen LogP contribution in [0.15, 0.2) is 30.3 Å². The Morgan fingerprint density at radius 3 is 2.75 bits per heavy atom. The van der Waals surface area contributed by atoms with Gasteiger partial charge in [-0.2, -0.15) is 5.10 Å².